The Balaban J connectivity index is 0. The van der Waals surface area contributed by atoms with E-state index in [1.54, 1.807) is 0 Å². The molecule has 0 aliphatic carbocycles. The number of hydrogen-bond donors (Lipinski definition) is 4. The quantitative estimate of drug-likeness (QED) is 0.194. The molecule has 6 nitrogen and oxygen atoms in total. The summed E-state index contributed by atoms with van der Waals surface area (Å²) >= 11 is 0. The fourth-order valence-corrected chi connectivity index (χ4v) is 0. The van der Waals surface area contributed by atoms with E-state index < -0.39 is 10.4 Å². The summed E-state index contributed by atoms with van der Waals surface area (Å²) in [5.41, 5.74) is 4.39. The van der Waals surface area contributed by atoms with Gasteiger partial charge in [0.25, 0.3) is 0 Å². The van der Waals surface area contributed by atoms with Gasteiger partial charge in [0.05, 0.1) is 6.34 Å². The van der Waals surface area contributed by atoms with Crippen molar-refractivity contribution in [3.8, 4) is 0 Å². The molecule has 0 fully saturated rings. The first-order valence-corrected chi connectivity index (χ1v) is 2.72. The first-order chi connectivity index (χ1) is 3.41. The van der Waals surface area contributed by atoms with Crippen LogP contribution in [0.2, 0.25) is 0 Å². The second-order valence-corrected chi connectivity index (χ2v) is 1.51. The van der Waals surface area contributed by atoms with Crippen molar-refractivity contribution in [2.75, 3.05) is 0 Å². The third kappa shape index (κ3) is 231. The van der Waals surface area contributed by atoms with Crippen LogP contribution in [0.15, 0.2) is 0 Å². The maximum Gasteiger partial charge on any atom is 0.394 e. The van der Waals surface area contributed by atoms with E-state index in [1.807, 2.05) is 0 Å². The molecule has 50 valence electrons. The number of nitrogens with one attached hydrogen (secondary N) is 1. The second kappa shape index (κ2) is 4.50. The molecule has 5 N–H and O–H groups in total. The van der Waals surface area contributed by atoms with Gasteiger partial charge in [-0.1, -0.05) is 0 Å². The van der Waals surface area contributed by atoms with E-state index in [0.29, 0.717) is 0 Å². The smallest absolute Gasteiger partial charge is 0.390 e. The molecule has 0 rings (SSSR count). The van der Waals surface area contributed by atoms with E-state index in [4.69, 9.17) is 22.9 Å². The van der Waals surface area contributed by atoms with Gasteiger partial charge in [-0.05, 0) is 0 Å². The van der Waals surface area contributed by atoms with Gasteiger partial charge in [0.2, 0.25) is 0 Å². The minimum absolute atomic E-state index is 0.750. The van der Waals surface area contributed by atoms with Crippen molar-refractivity contribution in [1.82, 2.24) is 0 Å². The summed E-state index contributed by atoms with van der Waals surface area (Å²) in [5, 5.41) is 5.86. The van der Waals surface area contributed by atoms with Gasteiger partial charge in [-0.25, -0.2) is 0 Å². The minimum Gasteiger partial charge on any atom is -0.390 e. The average Bonchev–Trinajstić information content (AvgIpc) is 1.27. The minimum atomic E-state index is -4.67. The lowest BCUT2D eigenvalue weighted by molar-refractivity contribution is 0.381. The standard InChI is InChI=1S/CH4N2.H2O4S/c2-1-3;1-5(2,3)4/h1H,(H3,2,3);(H2,1,2,3,4). The second-order valence-electron chi connectivity index (χ2n) is 0.615. The van der Waals surface area contributed by atoms with E-state index in [-0.39, 0.29) is 0 Å². The number of rotatable bonds is 0. The molecule has 0 bridgehead atoms. The van der Waals surface area contributed by atoms with Crippen molar-refractivity contribution in [2.45, 2.75) is 0 Å². The van der Waals surface area contributed by atoms with Crippen LogP contribution in [0.4, 0.5) is 0 Å². The van der Waals surface area contributed by atoms with Crippen molar-refractivity contribution in [3.63, 3.8) is 0 Å². The Hall–Kier alpha value is -0.660. The predicted molar refractivity (Wildman–Crippen MR) is 27.1 cm³/mol. The average molecular weight is 142 g/mol. The van der Waals surface area contributed by atoms with E-state index >= 15 is 0 Å². The molecule has 0 atom stereocenters. The lowest BCUT2D eigenvalue weighted by atomic mass is 11.4. The SMILES string of the molecule is N=CN.O=S(=O)(O)O. The predicted octanol–water partition coefficient (Wildman–Crippen LogP) is -1.10. The van der Waals surface area contributed by atoms with Crippen LogP contribution in [0.25, 0.3) is 0 Å². The topological polar surface area (TPSA) is 124 Å². The van der Waals surface area contributed by atoms with Crippen molar-refractivity contribution < 1.29 is 17.5 Å². The molecule has 0 aromatic carbocycles. The number of nitrogens with two attached hydrogens (primary N) is 1. The molecule has 0 heterocycles. The monoisotopic (exact) mass is 142 g/mol. The molecule has 7 heteroatoms. The summed E-state index contributed by atoms with van der Waals surface area (Å²) in [6, 6.07) is 0. The Labute approximate surface area is 46.4 Å². The van der Waals surface area contributed by atoms with Crippen LogP contribution < -0.4 is 5.73 Å². The Morgan fingerprint density at radius 1 is 1.50 bits per heavy atom. The Kier molecular flexibility index (Phi) is 5.82. The zero-order valence-electron chi connectivity index (χ0n) is 3.77. The fourth-order valence-electron chi connectivity index (χ4n) is 0. The zero-order chi connectivity index (χ0) is 7.21. The molecule has 0 amide bonds. The van der Waals surface area contributed by atoms with Gasteiger partial charge < -0.3 is 5.73 Å². The highest BCUT2D eigenvalue weighted by atomic mass is 32.3. The molecular formula is CH6N2O4S. The summed E-state index contributed by atoms with van der Waals surface area (Å²) in [6.07, 6.45) is 0.750. The molecule has 0 aromatic heterocycles. The number of hydrogen-bond acceptors (Lipinski definition) is 3. The molecule has 0 aliphatic heterocycles. The Bertz CT molecular complexity index is 128. The van der Waals surface area contributed by atoms with E-state index in [1.165, 1.54) is 0 Å². The van der Waals surface area contributed by atoms with Crippen LogP contribution in [0.1, 0.15) is 0 Å². The summed E-state index contributed by atoms with van der Waals surface area (Å²) in [5.74, 6) is 0. The lowest BCUT2D eigenvalue weighted by Gasteiger charge is -1.68. The van der Waals surface area contributed by atoms with Crippen LogP contribution in [0, 0.1) is 5.41 Å². The van der Waals surface area contributed by atoms with Gasteiger partial charge in [-0.2, -0.15) is 8.42 Å². The largest absolute Gasteiger partial charge is 0.394 e. The molecular weight excluding hydrogens is 136 g/mol. The Morgan fingerprint density at radius 2 is 1.50 bits per heavy atom. The first kappa shape index (κ1) is 10.3. The molecule has 0 radical (unpaired) electrons. The van der Waals surface area contributed by atoms with Gasteiger partial charge in [0.15, 0.2) is 0 Å². The van der Waals surface area contributed by atoms with Gasteiger partial charge in [0.1, 0.15) is 0 Å². The highest BCUT2D eigenvalue weighted by Crippen LogP contribution is 1.59. The van der Waals surface area contributed by atoms with Crippen molar-refractivity contribution in [3.05, 3.63) is 0 Å². The lowest BCUT2D eigenvalue weighted by Crippen LogP contribution is -1.89. The molecule has 0 unspecified atom stereocenters. The summed E-state index contributed by atoms with van der Waals surface area (Å²) in [7, 11) is -4.67. The maximum atomic E-state index is 8.74. The third-order valence-electron chi connectivity index (χ3n) is 0. The van der Waals surface area contributed by atoms with E-state index in [2.05, 4.69) is 5.73 Å². The van der Waals surface area contributed by atoms with E-state index in [9.17, 15) is 0 Å². The molecule has 0 saturated carbocycles. The van der Waals surface area contributed by atoms with Crippen LogP contribution in [-0.2, 0) is 10.4 Å². The van der Waals surface area contributed by atoms with Gasteiger partial charge in [0, 0.05) is 0 Å². The van der Waals surface area contributed by atoms with Crippen molar-refractivity contribution in [2.24, 2.45) is 5.73 Å². The van der Waals surface area contributed by atoms with Gasteiger partial charge in [-0.3, -0.25) is 14.5 Å². The van der Waals surface area contributed by atoms with Crippen molar-refractivity contribution >= 4 is 16.7 Å². The fraction of sp³-hybridized carbons (Fsp3) is 0. The van der Waals surface area contributed by atoms with Gasteiger partial charge in [-0.15, -0.1) is 0 Å². The first-order valence-electron chi connectivity index (χ1n) is 1.32. The molecule has 0 saturated heterocycles. The molecule has 0 aromatic rings. The molecule has 0 aliphatic rings. The normalized spacial score (nSPS) is 8.75. The summed E-state index contributed by atoms with van der Waals surface area (Å²) in [4.78, 5) is 0. The van der Waals surface area contributed by atoms with E-state index in [0.717, 1.165) is 6.34 Å². The highest BCUT2D eigenvalue weighted by Gasteiger charge is 1.84. The van der Waals surface area contributed by atoms with Crippen molar-refractivity contribution in [1.29, 1.82) is 5.41 Å². The maximum absolute atomic E-state index is 8.74. The molecule has 0 spiro atoms. The third-order valence-corrected chi connectivity index (χ3v) is 0. The van der Waals surface area contributed by atoms with Crippen LogP contribution in [-0.4, -0.2) is 23.9 Å². The van der Waals surface area contributed by atoms with Crippen LogP contribution in [0.5, 0.6) is 0 Å². The summed E-state index contributed by atoms with van der Waals surface area (Å²) < 4.78 is 31.6. The van der Waals surface area contributed by atoms with Crippen LogP contribution in [0.3, 0.4) is 0 Å². The zero-order valence-corrected chi connectivity index (χ0v) is 4.59. The Morgan fingerprint density at radius 3 is 1.50 bits per heavy atom. The van der Waals surface area contributed by atoms with Gasteiger partial charge >= 0.3 is 10.4 Å². The van der Waals surface area contributed by atoms with Crippen LogP contribution >= 0.6 is 0 Å². The molecule has 8 heavy (non-hydrogen) atoms. The summed E-state index contributed by atoms with van der Waals surface area (Å²) in [6.45, 7) is 0. The highest BCUT2D eigenvalue weighted by molar-refractivity contribution is 7.79.